The van der Waals surface area contributed by atoms with Gasteiger partial charge in [0.05, 0.1) is 0 Å². The number of halogens is 2. The van der Waals surface area contributed by atoms with Crippen molar-refractivity contribution in [3.8, 4) is 5.75 Å². The fourth-order valence-corrected chi connectivity index (χ4v) is 2.20. The molecule has 17 heavy (non-hydrogen) atoms. The molecule has 2 nitrogen and oxygen atoms in total. The number of nitrogens with one attached hydrogen (secondary N) is 1. The summed E-state index contributed by atoms with van der Waals surface area (Å²) in [6.07, 6.45) is 1.10. The van der Waals surface area contributed by atoms with E-state index in [1.807, 2.05) is 12.1 Å². The Morgan fingerprint density at radius 3 is 2.53 bits per heavy atom. The van der Waals surface area contributed by atoms with Crippen LogP contribution in [0.3, 0.4) is 0 Å². The highest BCUT2D eigenvalue weighted by Crippen LogP contribution is 2.22. The van der Waals surface area contributed by atoms with Crippen LogP contribution in [0.2, 0.25) is 0 Å². The standard InChI is InChI=1S/C13H20BrNO.ClH/c1-4-12(9(2)3)15-8-10-7-11(14)5-6-13(10)16;/h5-7,9,12,15-16H,4,8H2,1-3H3;1H. The van der Waals surface area contributed by atoms with Crippen molar-refractivity contribution in [2.75, 3.05) is 0 Å². The molecule has 0 aliphatic rings. The van der Waals surface area contributed by atoms with Crippen LogP contribution < -0.4 is 5.32 Å². The molecule has 1 atom stereocenters. The minimum absolute atomic E-state index is 0. The van der Waals surface area contributed by atoms with Gasteiger partial charge in [-0.05, 0) is 30.5 Å². The Bertz CT molecular complexity index is 344. The lowest BCUT2D eigenvalue weighted by atomic mass is 10.0. The molecule has 0 aliphatic heterocycles. The van der Waals surface area contributed by atoms with Crippen LogP contribution in [0.1, 0.15) is 32.8 Å². The van der Waals surface area contributed by atoms with Gasteiger partial charge in [0.25, 0.3) is 0 Å². The van der Waals surface area contributed by atoms with Crippen molar-refractivity contribution >= 4 is 28.3 Å². The summed E-state index contributed by atoms with van der Waals surface area (Å²) in [4.78, 5) is 0. The molecule has 4 heteroatoms. The van der Waals surface area contributed by atoms with Gasteiger partial charge in [-0.2, -0.15) is 0 Å². The SMILES string of the molecule is CCC(NCc1cc(Br)ccc1O)C(C)C.Cl. The van der Waals surface area contributed by atoms with E-state index in [0.717, 1.165) is 16.5 Å². The maximum atomic E-state index is 9.70. The molecule has 1 unspecified atom stereocenters. The first-order valence-electron chi connectivity index (χ1n) is 5.75. The molecular weight excluding hydrogens is 302 g/mol. The average Bonchev–Trinajstić information content (AvgIpc) is 2.23. The summed E-state index contributed by atoms with van der Waals surface area (Å²) in [5.41, 5.74) is 0.938. The first kappa shape index (κ1) is 16.8. The van der Waals surface area contributed by atoms with Gasteiger partial charge in [-0.25, -0.2) is 0 Å². The minimum Gasteiger partial charge on any atom is -0.508 e. The third-order valence-corrected chi connectivity index (χ3v) is 3.33. The van der Waals surface area contributed by atoms with Crippen molar-refractivity contribution in [1.82, 2.24) is 5.32 Å². The second kappa shape index (κ2) is 7.96. The Morgan fingerprint density at radius 2 is 2.00 bits per heavy atom. The predicted octanol–water partition coefficient (Wildman–Crippen LogP) is 4.10. The van der Waals surface area contributed by atoms with Crippen LogP contribution in [-0.2, 0) is 6.54 Å². The van der Waals surface area contributed by atoms with Gasteiger partial charge in [0.2, 0.25) is 0 Å². The second-order valence-corrected chi connectivity index (χ2v) is 5.33. The lowest BCUT2D eigenvalue weighted by molar-refractivity contribution is 0.382. The number of benzene rings is 1. The van der Waals surface area contributed by atoms with Gasteiger partial charge < -0.3 is 10.4 Å². The van der Waals surface area contributed by atoms with Gasteiger partial charge in [0.15, 0.2) is 0 Å². The Balaban J connectivity index is 0.00000256. The average molecular weight is 323 g/mol. The van der Waals surface area contributed by atoms with E-state index in [1.54, 1.807) is 6.07 Å². The summed E-state index contributed by atoms with van der Waals surface area (Å²) < 4.78 is 1.000. The minimum atomic E-state index is 0. The van der Waals surface area contributed by atoms with E-state index in [4.69, 9.17) is 0 Å². The van der Waals surface area contributed by atoms with Crippen LogP contribution in [0.25, 0.3) is 0 Å². The van der Waals surface area contributed by atoms with E-state index in [0.29, 0.717) is 24.3 Å². The molecule has 1 aromatic carbocycles. The maximum absolute atomic E-state index is 9.70. The van der Waals surface area contributed by atoms with Gasteiger partial charge in [-0.1, -0.05) is 36.7 Å². The molecule has 0 spiro atoms. The number of hydrogen-bond donors (Lipinski definition) is 2. The Hall–Kier alpha value is -0.250. The number of aromatic hydroxyl groups is 1. The third-order valence-electron chi connectivity index (χ3n) is 2.84. The van der Waals surface area contributed by atoms with E-state index < -0.39 is 0 Å². The zero-order chi connectivity index (χ0) is 12.1. The zero-order valence-electron chi connectivity index (χ0n) is 10.5. The molecule has 0 saturated carbocycles. The molecule has 0 aromatic heterocycles. The second-order valence-electron chi connectivity index (χ2n) is 4.41. The molecule has 0 amide bonds. The fourth-order valence-electron chi connectivity index (χ4n) is 1.79. The molecule has 1 rings (SSSR count). The first-order chi connectivity index (χ1) is 7.54. The number of phenols is 1. The predicted molar refractivity (Wildman–Crippen MR) is 78.8 cm³/mol. The smallest absolute Gasteiger partial charge is 0.120 e. The van der Waals surface area contributed by atoms with Crippen LogP contribution in [0.4, 0.5) is 0 Å². The maximum Gasteiger partial charge on any atom is 0.120 e. The van der Waals surface area contributed by atoms with Crippen molar-refractivity contribution in [3.05, 3.63) is 28.2 Å². The van der Waals surface area contributed by atoms with Crippen molar-refractivity contribution in [2.24, 2.45) is 5.92 Å². The number of hydrogen-bond acceptors (Lipinski definition) is 2. The van der Waals surface area contributed by atoms with Crippen molar-refractivity contribution < 1.29 is 5.11 Å². The van der Waals surface area contributed by atoms with E-state index in [2.05, 4.69) is 42.0 Å². The highest BCUT2D eigenvalue weighted by molar-refractivity contribution is 9.10. The van der Waals surface area contributed by atoms with Gasteiger partial charge in [-0.3, -0.25) is 0 Å². The fraction of sp³-hybridized carbons (Fsp3) is 0.538. The summed E-state index contributed by atoms with van der Waals surface area (Å²) >= 11 is 3.41. The van der Waals surface area contributed by atoms with Crippen LogP contribution >= 0.6 is 28.3 Å². The largest absolute Gasteiger partial charge is 0.508 e. The van der Waals surface area contributed by atoms with Gasteiger partial charge in [0.1, 0.15) is 5.75 Å². The van der Waals surface area contributed by atoms with E-state index in [-0.39, 0.29) is 12.4 Å². The van der Waals surface area contributed by atoms with Crippen molar-refractivity contribution in [1.29, 1.82) is 0 Å². The van der Waals surface area contributed by atoms with Crippen LogP contribution in [0.5, 0.6) is 5.75 Å². The van der Waals surface area contributed by atoms with E-state index >= 15 is 0 Å². The normalized spacial score (nSPS) is 12.3. The number of phenolic OH excluding ortho intramolecular Hbond substituents is 1. The topological polar surface area (TPSA) is 32.3 Å². The Labute approximate surface area is 118 Å². The first-order valence-corrected chi connectivity index (χ1v) is 6.54. The molecule has 2 N–H and O–H groups in total. The Morgan fingerprint density at radius 1 is 1.35 bits per heavy atom. The number of rotatable bonds is 5. The molecule has 98 valence electrons. The quantitative estimate of drug-likeness (QED) is 0.855. The molecule has 0 bridgehead atoms. The lowest BCUT2D eigenvalue weighted by Crippen LogP contribution is -2.32. The van der Waals surface area contributed by atoms with E-state index in [1.165, 1.54) is 0 Å². The third kappa shape index (κ3) is 5.28. The lowest BCUT2D eigenvalue weighted by Gasteiger charge is -2.21. The van der Waals surface area contributed by atoms with Gasteiger partial charge in [0, 0.05) is 22.6 Å². The molecular formula is C13H21BrClNO. The van der Waals surface area contributed by atoms with Crippen molar-refractivity contribution in [3.63, 3.8) is 0 Å². The Kier molecular flexibility index (Phi) is 7.84. The highest BCUT2D eigenvalue weighted by atomic mass is 79.9. The molecule has 0 fully saturated rings. The molecule has 1 aromatic rings. The zero-order valence-corrected chi connectivity index (χ0v) is 12.9. The summed E-state index contributed by atoms with van der Waals surface area (Å²) in [5, 5.41) is 13.2. The highest BCUT2D eigenvalue weighted by Gasteiger charge is 2.11. The van der Waals surface area contributed by atoms with Crippen LogP contribution in [0, 0.1) is 5.92 Å². The van der Waals surface area contributed by atoms with Crippen molar-refractivity contribution in [2.45, 2.75) is 39.8 Å². The molecule has 0 saturated heterocycles. The summed E-state index contributed by atoms with van der Waals surface area (Å²) in [5.74, 6) is 0.966. The molecule has 0 aliphatic carbocycles. The van der Waals surface area contributed by atoms with E-state index in [9.17, 15) is 5.11 Å². The van der Waals surface area contributed by atoms with Crippen LogP contribution in [-0.4, -0.2) is 11.1 Å². The van der Waals surface area contributed by atoms with Gasteiger partial charge >= 0.3 is 0 Å². The summed E-state index contributed by atoms with van der Waals surface area (Å²) in [6.45, 7) is 7.31. The monoisotopic (exact) mass is 321 g/mol. The molecule has 0 radical (unpaired) electrons. The summed E-state index contributed by atoms with van der Waals surface area (Å²) in [7, 11) is 0. The summed E-state index contributed by atoms with van der Waals surface area (Å²) in [6, 6.07) is 6.02. The molecule has 0 heterocycles. The van der Waals surface area contributed by atoms with Crippen LogP contribution in [0.15, 0.2) is 22.7 Å². The van der Waals surface area contributed by atoms with Gasteiger partial charge in [-0.15, -0.1) is 12.4 Å².